The van der Waals surface area contributed by atoms with E-state index in [1.54, 1.807) is 28.7 Å². The van der Waals surface area contributed by atoms with E-state index in [-0.39, 0.29) is 5.91 Å². The van der Waals surface area contributed by atoms with Crippen LogP contribution in [-0.4, -0.2) is 24.0 Å². The van der Waals surface area contributed by atoms with Crippen LogP contribution in [0.4, 0.5) is 0 Å². The first-order chi connectivity index (χ1) is 12.3. The molecule has 1 aromatic carbocycles. The molecule has 0 saturated heterocycles. The summed E-state index contributed by atoms with van der Waals surface area (Å²) in [5, 5.41) is 4.07. The van der Waals surface area contributed by atoms with Gasteiger partial charge in [0.1, 0.15) is 13.2 Å². The van der Waals surface area contributed by atoms with Gasteiger partial charge in [-0.05, 0) is 41.1 Å². The van der Waals surface area contributed by atoms with Gasteiger partial charge >= 0.3 is 0 Å². The second kappa shape index (κ2) is 7.29. The Labute approximate surface area is 154 Å². The quantitative estimate of drug-likeness (QED) is 0.666. The predicted molar refractivity (Wildman–Crippen MR) is 99.6 cm³/mol. The molecule has 128 valence electrons. The molecule has 0 aliphatic carbocycles. The molecule has 0 N–H and O–H groups in total. The number of fused-ring (bicyclic) bond motifs is 1. The molecule has 4 rings (SSSR count). The van der Waals surface area contributed by atoms with E-state index in [2.05, 4.69) is 12.1 Å². The van der Waals surface area contributed by atoms with E-state index in [1.165, 1.54) is 9.75 Å². The fourth-order valence-corrected chi connectivity index (χ4v) is 4.18. The summed E-state index contributed by atoms with van der Waals surface area (Å²) in [6.45, 7) is 2.26. The molecule has 0 fully saturated rings. The van der Waals surface area contributed by atoms with Crippen molar-refractivity contribution < 1.29 is 14.3 Å². The number of hydrogen-bond acceptors (Lipinski definition) is 5. The van der Waals surface area contributed by atoms with Gasteiger partial charge in [-0.25, -0.2) is 0 Å². The Kier molecular flexibility index (Phi) is 4.72. The summed E-state index contributed by atoms with van der Waals surface area (Å²) in [4.78, 5) is 17.3. The van der Waals surface area contributed by atoms with Crippen molar-refractivity contribution in [2.45, 2.75) is 13.1 Å². The summed E-state index contributed by atoms with van der Waals surface area (Å²) in [5.41, 5.74) is 0.623. The van der Waals surface area contributed by atoms with Crippen LogP contribution in [0.2, 0.25) is 0 Å². The average molecular weight is 371 g/mol. The summed E-state index contributed by atoms with van der Waals surface area (Å²) in [7, 11) is 0. The van der Waals surface area contributed by atoms with Gasteiger partial charge in [-0.15, -0.1) is 22.7 Å². The van der Waals surface area contributed by atoms with Crippen LogP contribution in [-0.2, 0) is 13.1 Å². The third-order valence-electron chi connectivity index (χ3n) is 3.93. The molecule has 3 aromatic rings. The van der Waals surface area contributed by atoms with E-state index in [0.29, 0.717) is 43.4 Å². The lowest BCUT2D eigenvalue weighted by atomic mass is 10.1. The first-order valence-electron chi connectivity index (χ1n) is 8.03. The molecule has 6 heteroatoms. The molecular weight excluding hydrogens is 354 g/mol. The van der Waals surface area contributed by atoms with Crippen molar-refractivity contribution in [2.24, 2.45) is 0 Å². The van der Waals surface area contributed by atoms with Gasteiger partial charge in [-0.3, -0.25) is 4.79 Å². The van der Waals surface area contributed by atoms with Crippen molar-refractivity contribution >= 4 is 28.6 Å². The van der Waals surface area contributed by atoms with Crippen molar-refractivity contribution in [3.8, 4) is 11.5 Å². The highest BCUT2D eigenvalue weighted by molar-refractivity contribution is 7.10. The van der Waals surface area contributed by atoms with Crippen LogP contribution in [0.15, 0.2) is 53.2 Å². The van der Waals surface area contributed by atoms with Gasteiger partial charge in [0, 0.05) is 15.3 Å². The Balaban J connectivity index is 1.60. The zero-order chi connectivity index (χ0) is 17.1. The van der Waals surface area contributed by atoms with E-state index in [0.717, 1.165) is 0 Å². The predicted octanol–water partition coefficient (Wildman–Crippen LogP) is 4.42. The molecule has 3 heterocycles. The highest BCUT2D eigenvalue weighted by Gasteiger charge is 2.20. The Morgan fingerprint density at radius 2 is 1.56 bits per heavy atom. The average Bonchev–Trinajstić information content (AvgIpc) is 3.34. The van der Waals surface area contributed by atoms with Crippen molar-refractivity contribution in [1.82, 2.24) is 4.90 Å². The van der Waals surface area contributed by atoms with Crippen LogP contribution in [0.25, 0.3) is 0 Å². The largest absolute Gasteiger partial charge is 0.486 e. The van der Waals surface area contributed by atoms with Gasteiger partial charge in [0.15, 0.2) is 11.5 Å². The molecule has 2 aromatic heterocycles. The minimum Gasteiger partial charge on any atom is -0.486 e. The molecule has 0 bridgehead atoms. The van der Waals surface area contributed by atoms with Crippen molar-refractivity contribution in [1.29, 1.82) is 0 Å². The Morgan fingerprint density at radius 1 is 0.920 bits per heavy atom. The highest BCUT2D eigenvalue weighted by atomic mass is 32.1. The molecule has 1 aliphatic rings. The Bertz CT molecular complexity index is 807. The van der Waals surface area contributed by atoms with Gasteiger partial charge in [-0.2, -0.15) is 0 Å². The zero-order valence-corrected chi connectivity index (χ0v) is 15.1. The molecule has 0 saturated carbocycles. The van der Waals surface area contributed by atoms with Crippen molar-refractivity contribution in [3.05, 3.63) is 68.5 Å². The fourth-order valence-electron chi connectivity index (χ4n) is 2.74. The van der Waals surface area contributed by atoms with Crippen molar-refractivity contribution in [2.75, 3.05) is 13.2 Å². The number of rotatable bonds is 5. The lowest BCUT2D eigenvalue weighted by Crippen LogP contribution is -2.29. The van der Waals surface area contributed by atoms with Crippen LogP contribution in [0.3, 0.4) is 0 Å². The molecule has 4 nitrogen and oxygen atoms in total. The molecule has 25 heavy (non-hydrogen) atoms. The van der Waals surface area contributed by atoms with Crippen LogP contribution < -0.4 is 9.47 Å². The van der Waals surface area contributed by atoms with E-state index in [9.17, 15) is 4.79 Å². The van der Waals surface area contributed by atoms with Gasteiger partial charge in [-0.1, -0.05) is 12.1 Å². The zero-order valence-electron chi connectivity index (χ0n) is 13.5. The monoisotopic (exact) mass is 371 g/mol. The number of carbonyl (C=O) groups excluding carboxylic acids is 1. The summed E-state index contributed by atoms with van der Waals surface area (Å²) < 4.78 is 11.2. The molecule has 0 radical (unpaired) electrons. The first-order valence-corrected chi connectivity index (χ1v) is 9.79. The fraction of sp³-hybridized carbons (Fsp3) is 0.211. The molecule has 1 amide bonds. The number of ether oxygens (including phenoxy) is 2. The minimum absolute atomic E-state index is 0.00114. The Morgan fingerprint density at radius 3 is 2.16 bits per heavy atom. The van der Waals surface area contributed by atoms with Crippen LogP contribution in [0.1, 0.15) is 20.1 Å². The molecule has 0 spiro atoms. The molecule has 0 atom stereocenters. The summed E-state index contributed by atoms with van der Waals surface area (Å²) in [6.07, 6.45) is 0. The maximum Gasteiger partial charge on any atom is 0.254 e. The third-order valence-corrected chi connectivity index (χ3v) is 5.65. The van der Waals surface area contributed by atoms with E-state index < -0.39 is 0 Å². The molecule has 0 unspecified atom stereocenters. The maximum atomic E-state index is 13.1. The van der Waals surface area contributed by atoms with E-state index in [1.807, 2.05) is 39.9 Å². The van der Waals surface area contributed by atoms with Crippen LogP contribution in [0.5, 0.6) is 11.5 Å². The highest BCUT2D eigenvalue weighted by Crippen LogP contribution is 2.31. The van der Waals surface area contributed by atoms with Crippen LogP contribution in [0, 0.1) is 0 Å². The number of benzene rings is 1. The normalized spacial score (nSPS) is 12.8. The lowest BCUT2D eigenvalue weighted by Gasteiger charge is -2.23. The summed E-state index contributed by atoms with van der Waals surface area (Å²) >= 11 is 3.33. The van der Waals surface area contributed by atoms with Gasteiger partial charge in [0.05, 0.1) is 13.1 Å². The van der Waals surface area contributed by atoms with E-state index in [4.69, 9.17) is 9.47 Å². The van der Waals surface area contributed by atoms with Crippen molar-refractivity contribution in [3.63, 3.8) is 0 Å². The molecular formula is C19H17NO3S2. The second-order valence-corrected chi connectivity index (χ2v) is 7.74. The third kappa shape index (κ3) is 3.70. The summed E-state index contributed by atoms with van der Waals surface area (Å²) in [6, 6.07) is 13.6. The maximum absolute atomic E-state index is 13.1. The number of thiophene rings is 2. The van der Waals surface area contributed by atoms with Gasteiger partial charge < -0.3 is 14.4 Å². The Hall–Kier alpha value is -2.31. The molecule has 1 aliphatic heterocycles. The number of amides is 1. The van der Waals surface area contributed by atoms with E-state index >= 15 is 0 Å². The van der Waals surface area contributed by atoms with Crippen LogP contribution >= 0.6 is 22.7 Å². The number of hydrogen-bond donors (Lipinski definition) is 0. The minimum atomic E-state index is -0.00114. The standard InChI is InChI=1S/C19H17NO3S2/c21-19(14-5-6-17-18(11-14)23-8-7-22-17)20(12-15-3-1-9-24-15)13-16-4-2-10-25-16/h1-6,9-11H,7-8,12-13H2. The topological polar surface area (TPSA) is 38.8 Å². The van der Waals surface area contributed by atoms with Gasteiger partial charge in [0.2, 0.25) is 0 Å². The first kappa shape index (κ1) is 16.2. The van der Waals surface area contributed by atoms with Gasteiger partial charge in [0.25, 0.3) is 5.91 Å². The number of carbonyl (C=O) groups is 1. The smallest absolute Gasteiger partial charge is 0.254 e. The summed E-state index contributed by atoms with van der Waals surface area (Å²) in [5.74, 6) is 1.34. The lowest BCUT2D eigenvalue weighted by molar-refractivity contribution is 0.0732. The second-order valence-electron chi connectivity index (χ2n) is 5.68. The number of nitrogens with zero attached hydrogens (tertiary/aromatic N) is 1. The SMILES string of the molecule is O=C(c1ccc2c(c1)OCCO2)N(Cc1cccs1)Cc1cccs1.